The third-order valence-corrected chi connectivity index (χ3v) is 3.57. The number of carbonyl (C=O) groups is 2. The van der Waals surface area contributed by atoms with Gasteiger partial charge in [-0.25, -0.2) is 9.18 Å². The number of ether oxygens (including phenoxy) is 1. The molecule has 1 saturated carbocycles. The monoisotopic (exact) mass is 284 g/mol. The highest BCUT2D eigenvalue weighted by molar-refractivity contribution is 6.31. The SMILES string of the molecule is COC(=O)c1cc(CCC(=O)C2CC2)c(Cl)cc1F. The fraction of sp³-hybridized carbons (Fsp3) is 0.429. The Hall–Kier alpha value is -1.42. The first-order valence-electron chi connectivity index (χ1n) is 6.12. The predicted molar refractivity (Wildman–Crippen MR) is 68.8 cm³/mol. The minimum absolute atomic E-state index is 0.152. The molecular weight excluding hydrogens is 271 g/mol. The van der Waals surface area contributed by atoms with E-state index < -0.39 is 11.8 Å². The first kappa shape index (κ1) is 14.0. The maximum Gasteiger partial charge on any atom is 0.340 e. The second-order valence-corrected chi connectivity index (χ2v) is 5.06. The normalized spacial score (nSPS) is 14.3. The number of carbonyl (C=O) groups excluding carboxylic acids is 2. The Bertz CT molecular complexity index is 524. The lowest BCUT2D eigenvalue weighted by Crippen LogP contribution is -2.07. The summed E-state index contributed by atoms with van der Waals surface area (Å²) in [7, 11) is 1.19. The standard InChI is InChI=1S/C14H14ClFO3/c1-19-14(18)10-6-9(11(15)7-12(10)16)4-5-13(17)8-2-3-8/h6-8H,2-5H2,1H3. The topological polar surface area (TPSA) is 43.4 Å². The number of halogens is 2. The number of methoxy groups -OCH3 is 1. The Morgan fingerprint density at radius 3 is 2.68 bits per heavy atom. The highest BCUT2D eigenvalue weighted by Gasteiger charge is 2.29. The van der Waals surface area contributed by atoms with Gasteiger partial charge in [0, 0.05) is 17.4 Å². The zero-order valence-electron chi connectivity index (χ0n) is 10.5. The van der Waals surface area contributed by atoms with Crippen LogP contribution < -0.4 is 0 Å². The molecule has 0 saturated heterocycles. The van der Waals surface area contributed by atoms with E-state index in [4.69, 9.17) is 11.6 Å². The number of hydrogen-bond acceptors (Lipinski definition) is 3. The average Bonchev–Trinajstić information content (AvgIpc) is 3.20. The van der Waals surface area contributed by atoms with Crippen LogP contribution in [0.2, 0.25) is 5.02 Å². The molecule has 0 aliphatic heterocycles. The van der Waals surface area contributed by atoms with Crippen molar-refractivity contribution in [2.45, 2.75) is 25.7 Å². The van der Waals surface area contributed by atoms with Crippen LogP contribution in [-0.4, -0.2) is 18.9 Å². The van der Waals surface area contributed by atoms with Gasteiger partial charge in [-0.05, 0) is 37.0 Å². The molecule has 3 nitrogen and oxygen atoms in total. The minimum Gasteiger partial charge on any atom is -0.465 e. The Labute approximate surface area is 115 Å². The zero-order chi connectivity index (χ0) is 14.0. The maximum absolute atomic E-state index is 13.6. The van der Waals surface area contributed by atoms with Crippen LogP contribution in [0.3, 0.4) is 0 Å². The molecular formula is C14H14ClFO3. The summed E-state index contributed by atoms with van der Waals surface area (Å²) >= 11 is 5.92. The molecule has 0 spiro atoms. The van der Waals surface area contributed by atoms with Crippen molar-refractivity contribution in [3.8, 4) is 0 Å². The molecule has 0 atom stereocenters. The summed E-state index contributed by atoms with van der Waals surface area (Å²) in [6.07, 6.45) is 2.71. The second kappa shape index (κ2) is 5.70. The van der Waals surface area contributed by atoms with Gasteiger partial charge in [0.1, 0.15) is 11.6 Å². The molecule has 5 heteroatoms. The van der Waals surface area contributed by atoms with Crippen LogP contribution in [0, 0.1) is 11.7 Å². The van der Waals surface area contributed by atoms with E-state index in [1.54, 1.807) is 0 Å². The zero-order valence-corrected chi connectivity index (χ0v) is 11.3. The van der Waals surface area contributed by atoms with Gasteiger partial charge in [0.2, 0.25) is 0 Å². The van der Waals surface area contributed by atoms with Crippen LogP contribution in [0.15, 0.2) is 12.1 Å². The number of hydrogen-bond donors (Lipinski definition) is 0. The lowest BCUT2D eigenvalue weighted by molar-refractivity contribution is -0.120. The summed E-state index contributed by atoms with van der Waals surface area (Å²) in [5.41, 5.74) is 0.443. The van der Waals surface area contributed by atoms with E-state index >= 15 is 0 Å². The number of ketones is 1. The Balaban J connectivity index is 2.14. The predicted octanol–water partition coefficient (Wildman–Crippen LogP) is 3.18. The molecule has 2 rings (SSSR count). The van der Waals surface area contributed by atoms with E-state index in [2.05, 4.69) is 4.74 Å². The molecule has 0 N–H and O–H groups in total. The van der Waals surface area contributed by atoms with Crippen molar-refractivity contribution in [2.24, 2.45) is 5.92 Å². The van der Waals surface area contributed by atoms with Gasteiger partial charge in [-0.1, -0.05) is 11.6 Å². The number of benzene rings is 1. The third-order valence-electron chi connectivity index (χ3n) is 3.21. The summed E-state index contributed by atoms with van der Waals surface area (Å²) < 4.78 is 18.0. The van der Waals surface area contributed by atoms with Crippen LogP contribution in [-0.2, 0) is 16.0 Å². The summed E-state index contributed by atoms with van der Waals surface area (Å²) in [6, 6.07) is 2.45. The van der Waals surface area contributed by atoms with Crippen LogP contribution >= 0.6 is 11.6 Å². The van der Waals surface area contributed by atoms with Crippen molar-refractivity contribution < 1.29 is 18.7 Å². The maximum atomic E-state index is 13.6. The average molecular weight is 285 g/mol. The smallest absolute Gasteiger partial charge is 0.340 e. The van der Waals surface area contributed by atoms with Crippen molar-refractivity contribution in [1.82, 2.24) is 0 Å². The van der Waals surface area contributed by atoms with E-state index in [-0.39, 0.29) is 22.3 Å². The van der Waals surface area contributed by atoms with Gasteiger partial charge in [0.25, 0.3) is 0 Å². The lowest BCUT2D eigenvalue weighted by atomic mass is 10.0. The first-order chi connectivity index (χ1) is 9.02. The van der Waals surface area contributed by atoms with Gasteiger partial charge >= 0.3 is 5.97 Å². The molecule has 0 aromatic heterocycles. The van der Waals surface area contributed by atoms with Crippen LogP contribution in [0.5, 0.6) is 0 Å². The van der Waals surface area contributed by atoms with E-state index in [1.165, 1.54) is 13.2 Å². The van der Waals surface area contributed by atoms with Crippen molar-refractivity contribution in [2.75, 3.05) is 7.11 Å². The van der Waals surface area contributed by atoms with Gasteiger partial charge in [-0.3, -0.25) is 4.79 Å². The van der Waals surface area contributed by atoms with Crippen molar-refractivity contribution >= 4 is 23.4 Å². The molecule has 19 heavy (non-hydrogen) atoms. The van der Waals surface area contributed by atoms with Crippen LogP contribution in [0.25, 0.3) is 0 Å². The van der Waals surface area contributed by atoms with Gasteiger partial charge < -0.3 is 4.74 Å². The Morgan fingerprint density at radius 2 is 2.11 bits per heavy atom. The van der Waals surface area contributed by atoms with Crippen molar-refractivity contribution in [1.29, 1.82) is 0 Å². The lowest BCUT2D eigenvalue weighted by Gasteiger charge is -2.07. The van der Waals surface area contributed by atoms with Gasteiger partial charge in [0.05, 0.1) is 12.7 Å². The Kier molecular flexibility index (Phi) is 4.20. The van der Waals surface area contributed by atoms with Gasteiger partial charge in [-0.2, -0.15) is 0 Å². The summed E-state index contributed by atoms with van der Waals surface area (Å²) in [4.78, 5) is 23.0. The fourth-order valence-electron chi connectivity index (χ4n) is 1.92. The molecule has 1 aromatic rings. The quantitative estimate of drug-likeness (QED) is 0.780. The number of Topliss-reactive ketones (excluding diaryl/α,β-unsaturated/α-hetero) is 1. The molecule has 0 radical (unpaired) electrons. The highest BCUT2D eigenvalue weighted by atomic mass is 35.5. The number of rotatable bonds is 5. The van der Waals surface area contributed by atoms with Crippen LogP contribution in [0.4, 0.5) is 4.39 Å². The molecule has 1 aromatic carbocycles. The van der Waals surface area contributed by atoms with E-state index in [9.17, 15) is 14.0 Å². The van der Waals surface area contributed by atoms with Crippen molar-refractivity contribution in [3.63, 3.8) is 0 Å². The first-order valence-corrected chi connectivity index (χ1v) is 6.49. The molecule has 1 fully saturated rings. The highest BCUT2D eigenvalue weighted by Crippen LogP contribution is 2.32. The molecule has 102 valence electrons. The van der Waals surface area contributed by atoms with E-state index in [1.807, 2.05) is 0 Å². The second-order valence-electron chi connectivity index (χ2n) is 4.66. The molecule has 1 aliphatic carbocycles. The third kappa shape index (κ3) is 3.32. The van der Waals surface area contributed by atoms with Crippen LogP contribution in [0.1, 0.15) is 35.2 Å². The molecule has 0 heterocycles. The number of aryl methyl sites for hydroxylation is 1. The van der Waals surface area contributed by atoms with E-state index in [0.717, 1.165) is 18.9 Å². The molecule has 0 amide bonds. The minimum atomic E-state index is -0.746. The summed E-state index contributed by atoms with van der Waals surface area (Å²) in [5.74, 6) is -1.06. The van der Waals surface area contributed by atoms with Gasteiger partial charge in [-0.15, -0.1) is 0 Å². The van der Waals surface area contributed by atoms with Gasteiger partial charge in [0.15, 0.2) is 0 Å². The molecule has 0 bridgehead atoms. The van der Waals surface area contributed by atoms with Crippen molar-refractivity contribution in [3.05, 3.63) is 34.1 Å². The van der Waals surface area contributed by atoms with E-state index in [0.29, 0.717) is 18.4 Å². The number of esters is 1. The molecule has 1 aliphatic rings. The Morgan fingerprint density at radius 1 is 1.42 bits per heavy atom. The largest absolute Gasteiger partial charge is 0.465 e. The molecule has 0 unspecified atom stereocenters. The fourth-order valence-corrected chi connectivity index (χ4v) is 2.16. The summed E-state index contributed by atoms with van der Waals surface area (Å²) in [6.45, 7) is 0. The summed E-state index contributed by atoms with van der Waals surface area (Å²) in [5, 5.41) is 0.230.